The van der Waals surface area contributed by atoms with E-state index in [9.17, 15) is 0 Å². The first-order valence-corrected chi connectivity index (χ1v) is 2.92. The molecule has 1 radical (unpaired) electrons. The van der Waals surface area contributed by atoms with E-state index in [1.807, 2.05) is 0 Å². The quantitative estimate of drug-likeness (QED) is 0.255. The van der Waals surface area contributed by atoms with Crippen molar-refractivity contribution in [3.05, 3.63) is 0 Å². The molecule has 41 valence electrons. The van der Waals surface area contributed by atoms with Crippen LogP contribution in [0.1, 0.15) is 0 Å². The van der Waals surface area contributed by atoms with Crippen LogP contribution >= 0.6 is 0 Å². The van der Waals surface area contributed by atoms with Crippen LogP contribution < -0.4 is 0 Å². The first-order chi connectivity index (χ1) is 3.00. The van der Waals surface area contributed by atoms with Crippen LogP contribution in [0.15, 0.2) is 0 Å². The van der Waals surface area contributed by atoms with Crippen LogP contribution in [-0.4, -0.2) is 35.9 Å². The Hall–Kier alpha value is -0.0782. The first-order valence-electron chi connectivity index (χ1n) is 1.13. The molecule has 0 heterocycles. The molecule has 0 amide bonds. The zero-order chi connectivity index (χ0) is 6.50. The summed E-state index contributed by atoms with van der Waals surface area (Å²) in [6, 6.07) is 0. The van der Waals surface area contributed by atoms with E-state index in [4.69, 9.17) is 23.9 Å². The fraction of sp³-hybridized carbons (Fsp3) is 0. The fourth-order valence-corrected chi connectivity index (χ4v) is 0. The van der Waals surface area contributed by atoms with Gasteiger partial charge >= 0.3 is 21.5 Å². The van der Waals surface area contributed by atoms with Gasteiger partial charge in [0.2, 0.25) is 0 Å². The van der Waals surface area contributed by atoms with E-state index in [-0.39, 0.29) is 0 Å². The van der Waals surface area contributed by atoms with Gasteiger partial charge in [0.15, 0.2) is 0 Å². The normalized spacial score (nSPS) is 9.00. The van der Waals surface area contributed by atoms with Gasteiger partial charge in [-0.25, -0.2) is 0 Å². The van der Waals surface area contributed by atoms with E-state index in [0.29, 0.717) is 0 Å². The second-order valence-electron chi connectivity index (χ2n) is 0.600. The molecule has 0 aliphatic carbocycles. The summed E-state index contributed by atoms with van der Waals surface area (Å²) in [5.41, 5.74) is 0. The molecule has 0 atom stereocenters. The third-order valence-corrected chi connectivity index (χ3v) is 0. The average Bonchev–Trinajstić information content (AvgIpc) is 1.36. The molecule has 5 nitrogen and oxygen atoms in total. The molecule has 7 heavy (non-hydrogen) atoms. The Kier molecular flexibility index (Phi) is 5.86. The van der Waals surface area contributed by atoms with Crippen molar-refractivity contribution in [2.45, 2.75) is 0 Å². The van der Waals surface area contributed by atoms with Crippen LogP contribution in [-0.2, 0) is 4.70 Å². The van der Waals surface area contributed by atoms with Crippen molar-refractivity contribution in [1.29, 1.82) is 0 Å². The van der Waals surface area contributed by atoms with Crippen molar-refractivity contribution in [1.82, 2.24) is 0 Å². The fourth-order valence-electron chi connectivity index (χ4n) is 0. The summed E-state index contributed by atoms with van der Waals surface area (Å²) >= 11 is 0. The van der Waals surface area contributed by atoms with Gasteiger partial charge in [0.25, 0.3) is 0 Å². The molecule has 0 unspecified atom stereocenters. The molecular weight excluding hydrogens is 119 g/mol. The molecule has 0 fully saturated rings. The van der Waals surface area contributed by atoms with Crippen LogP contribution in [0.3, 0.4) is 0 Å². The van der Waals surface area contributed by atoms with Crippen molar-refractivity contribution < 1.29 is 23.9 Å². The first kappa shape index (κ1) is 10.0. The SMILES string of the molecule is O[Si](O)(O)O.[B]=O. The predicted molar refractivity (Wildman–Crippen MR) is 21.1 cm³/mol. The van der Waals surface area contributed by atoms with Gasteiger partial charge in [-0.2, -0.15) is 0 Å². The van der Waals surface area contributed by atoms with Crippen molar-refractivity contribution in [3.63, 3.8) is 0 Å². The molecule has 0 aliphatic rings. The van der Waals surface area contributed by atoms with Gasteiger partial charge in [-0.3, -0.25) is 0 Å². The standard InChI is InChI=1S/BO.H4O4Si/c1-2;1-5(2,3)4/h;1-4H. The summed E-state index contributed by atoms with van der Waals surface area (Å²) in [5.74, 6) is 0. The molecule has 0 aliphatic heterocycles. The molecule has 0 bridgehead atoms. The van der Waals surface area contributed by atoms with E-state index in [2.05, 4.69) is 7.72 Å². The summed E-state index contributed by atoms with van der Waals surface area (Å²) < 4.78 is 7.75. The third kappa shape index (κ3) is 14900. The van der Waals surface area contributed by atoms with Gasteiger partial charge in [0.05, 0.1) is 0 Å². The van der Waals surface area contributed by atoms with Gasteiger partial charge in [-0.1, -0.05) is 0 Å². The van der Waals surface area contributed by atoms with Gasteiger partial charge in [-0.05, 0) is 0 Å². The Balaban J connectivity index is 0. The molecule has 0 saturated heterocycles. The summed E-state index contributed by atoms with van der Waals surface area (Å²) in [7, 11) is -1.36. The minimum absolute atomic E-state index is 3.25. The van der Waals surface area contributed by atoms with Crippen LogP contribution in [0.25, 0.3) is 0 Å². The maximum absolute atomic E-state index is 7.75. The zero-order valence-corrected chi connectivity index (χ0v) is 4.27. The van der Waals surface area contributed by atoms with Crippen molar-refractivity contribution in [2.24, 2.45) is 0 Å². The van der Waals surface area contributed by atoms with Crippen LogP contribution in [0.4, 0.5) is 0 Å². The topological polar surface area (TPSA) is 98.0 Å². The van der Waals surface area contributed by atoms with Crippen molar-refractivity contribution in [3.8, 4) is 0 Å². The molecule has 0 saturated carbocycles. The predicted octanol–water partition coefficient (Wildman–Crippen LogP) is -3.11. The summed E-state index contributed by atoms with van der Waals surface area (Å²) in [6.45, 7) is 0. The summed E-state index contributed by atoms with van der Waals surface area (Å²) in [5, 5.41) is 0. The minimum atomic E-state index is -4.61. The molecule has 0 aromatic rings. The van der Waals surface area contributed by atoms with E-state index in [1.165, 1.54) is 0 Å². The third-order valence-electron chi connectivity index (χ3n) is 0. The molecule has 0 spiro atoms. The van der Waals surface area contributed by atoms with Crippen LogP contribution in [0.2, 0.25) is 0 Å². The summed E-state index contributed by atoms with van der Waals surface area (Å²) in [4.78, 5) is 29.3. The maximum atomic E-state index is 7.75. The molecular formula is H4BO5Si. The second kappa shape index (κ2) is 4.09. The number of rotatable bonds is 0. The molecule has 0 rings (SSSR count). The van der Waals surface area contributed by atoms with Gasteiger partial charge < -0.3 is 19.2 Å². The van der Waals surface area contributed by atoms with E-state index in [0.717, 1.165) is 0 Å². The van der Waals surface area contributed by atoms with Gasteiger partial charge in [-0.15, -0.1) is 0 Å². The van der Waals surface area contributed by atoms with E-state index < -0.39 is 9.05 Å². The summed E-state index contributed by atoms with van der Waals surface area (Å²) in [6.07, 6.45) is 0. The molecule has 0 aromatic carbocycles. The Morgan fingerprint density at radius 1 is 1.00 bits per heavy atom. The van der Waals surface area contributed by atoms with E-state index >= 15 is 0 Å². The van der Waals surface area contributed by atoms with Crippen LogP contribution in [0, 0.1) is 0 Å². The monoisotopic (exact) mass is 123 g/mol. The zero-order valence-electron chi connectivity index (χ0n) is 3.27. The van der Waals surface area contributed by atoms with Crippen molar-refractivity contribution in [2.75, 3.05) is 0 Å². The number of hydrogen-bond acceptors (Lipinski definition) is 5. The Bertz CT molecular complexity index is 31.8. The Labute approximate surface area is 41.8 Å². The van der Waals surface area contributed by atoms with E-state index in [1.54, 1.807) is 0 Å². The second-order valence-corrected chi connectivity index (χ2v) is 1.80. The van der Waals surface area contributed by atoms with Crippen molar-refractivity contribution >= 4 is 16.8 Å². The number of hydrogen-bond donors (Lipinski definition) is 4. The van der Waals surface area contributed by atoms with Gasteiger partial charge in [0, 0.05) is 0 Å². The average molecular weight is 123 g/mol. The van der Waals surface area contributed by atoms with Gasteiger partial charge in [0.1, 0.15) is 0 Å². The molecule has 0 aromatic heterocycles. The molecule has 4 N–H and O–H groups in total. The van der Waals surface area contributed by atoms with Crippen LogP contribution in [0.5, 0.6) is 0 Å². The Morgan fingerprint density at radius 3 is 1.00 bits per heavy atom. The molecule has 7 heteroatoms. The Morgan fingerprint density at radius 2 is 1.00 bits per heavy atom.